The van der Waals surface area contributed by atoms with E-state index in [2.05, 4.69) is 45.0 Å². The summed E-state index contributed by atoms with van der Waals surface area (Å²) in [5.41, 5.74) is 1.85. The smallest absolute Gasteiger partial charge is 0.319 e. The van der Waals surface area contributed by atoms with Crippen molar-refractivity contribution < 1.29 is 9.53 Å². The fourth-order valence-electron chi connectivity index (χ4n) is 3.03. The minimum Gasteiger partial charge on any atom is -0.379 e. The van der Waals surface area contributed by atoms with Gasteiger partial charge in [-0.25, -0.2) is 9.79 Å². The molecule has 0 spiro atoms. The lowest BCUT2D eigenvalue weighted by molar-refractivity contribution is 0.0211. The van der Waals surface area contributed by atoms with E-state index >= 15 is 0 Å². The van der Waals surface area contributed by atoms with Crippen LogP contribution in [0.4, 0.5) is 10.5 Å². The lowest BCUT2D eigenvalue weighted by atomic mass is 10.2. The van der Waals surface area contributed by atoms with Gasteiger partial charge in [-0.2, -0.15) is 0 Å². The number of hydrogen-bond donors (Lipinski definition) is 4. The van der Waals surface area contributed by atoms with Crippen molar-refractivity contribution in [3.63, 3.8) is 0 Å². The SMILES string of the molecule is CCNC(=NCc1ccc(NC(=O)NC(C)C)cc1)NCC(C)N1CCOCC1. The van der Waals surface area contributed by atoms with Crippen LogP contribution in [0.3, 0.4) is 0 Å². The van der Waals surface area contributed by atoms with Gasteiger partial charge in [0.2, 0.25) is 0 Å². The highest BCUT2D eigenvalue weighted by atomic mass is 16.5. The van der Waals surface area contributed by atoms with Crippen molar-refractivity contribution in [1.82, 2.24) is 20.9 Å². The second kappa shape index (κ2) is 12.3. The Morgan fingerprint density at radius 2 is 1.83 bits per heavy atom. The van der Waals surface area contributed by atoms with Gasteiger partial charge in [-0.1, -0.05) is 12.1 Å². The van der Waals surface area contributed by atoms with Crippen molar-refractivity contribution in [2.24, 2.45) is 4.99 Å². The molecule has 1 aliphatic heterocycles. The number of benzene rings is 1. The van der Waals surface area contributed by atoms with Crippen molar-refractivity contribution in [2.75, 3.05) is 44.7 Å². The molecule has 1 aromatic carbocycles. The zero-order chi connectivity index (χ0) is 21.1. The molecular weight excluding hydrogens is 368 g/mol. The van der Waals surface area contributed by atoms with E-state index in [0.717, 1.165) is 56.6 Å². The summed E-state index contributed by atoms with van der Waals surface area (Å²) in [5, 5.41) is 12.4. The number of morpholine rings is 1. The predicted molar refractivity (Wildman–Crippen MR) is 118 cm³/mol. The molecule has 1 heterocycles. The van der Waals surface area contributed by atoms with Crippen molar-refractivity contribution in [3.8, 4) is 0 Å². The molecule has 1 aliphatic rings. The summed E-state index contributed by atoms with van der Waals surface area (Å²) in [6.45, 7) is 13.9. The number of hydrogen-bond acceptors (Lipinski definition) is 4. The Labute approximate surface area is 174 Å². The highest BCUT2D eigenvalue weighted by molar-refractivity contribution is 5.89. The Balaban J connectivity index is 1.84. The first-order valence-electron chi connectivity index (χ1n) is 10.5. The van der Waals surface area contributed by atoms with E-state index in [1.165, 1.54) is 0 Å². The third-order valence-corrected chi connectivity index (χ3v) is 4.63. The maximum absolute atomic E-state index is 11.8. The summed E-state index contributed by atoms with van der Waals surface area (Å²) in [4.78, 5) is 18.9. The minimum absolute atomic E-state index is 0.103. The summed E-state index contributed by atoms with van der Waals surface area (Å²) in [6, 6.07) is 8.08. The van der Waals surface area contributed by atoms with Crippen LogP contribution in [0.25, 0.3) is 0 Å². The van der Waals surface area contributed by atoms with Gasteiger partial charge in [0, 0.05) is 44.0 Å². The fourth-order valence-corrected chi connectivity index (χ4v) is 3.03. The predicted octanol–water partition coefficient (Wildman–Crippen LogP) is 1.99. The summed E-state index contributed by atoms with van der Waals surface area (Å²) in [5.74, 6) is 0.811. The Bertz CT molecular complexity index is 641. The highest BCUT2D eigenvalue weighted by Gasteiger charge is 2.17. The van der Waals surface area contributed by atoms with E-state index < -0.39 is 0 Å². The monoisotopic (exact) mass is 404 g/mol. The maximum atomic E-state index is 11.8. The molecule has 0 aromatic heterocycles. The van der Waals surface area contributed by atoms with E-state index in [0.29, 0.717) is 12.6 Å². The van der Waals surface area contributed by atoms with E-state index in [1.807, 2.05) is 38.1 Å². The van der Waals surface area contributed by atoms with E-state index in [-0.39, 0.29) is 12.1 Å². The number of rotatable bonds is 8. The van der Waals surface area contributed by atoms with E-state index in [1.54, 1.807) is 0 Å². The zero-order valence-electron chi connectivity index (χ0n) is 18.1. The third-order valence-electron chi connectivity index (χ3n) is 4.63. The second-order valence-electron chi connectivity index (χ2n) is 7.52. The van der Waals surface area contributed by atoms with E-state index in [9.17, 15) is 4.79 Å². The lowest BCUT2D eigenvalue weighted by Gasteiger charge is -2.32. The molecule has 2 rings (SSSR count). The normalized spacial score (nSPS) is 16.4. The van der Waals surface area contributed by atoms with Crippen molar-refractivity contribution in [1.29, 1.82) is 0 Å². The van der Waals surface area contributed by atoms with Gasteiger partial charge in [-0.3, -0.25) is 4.90 Å². The number of nitrogens with one attached hydrogen (secondary N) is 4. The van der Waals surface area contributed by atoms with Gasteiger partial charge in [0.25, 0.3) is 0 Å². The molecule has 29 heavy (non-hydrogen) atoms. The first-order chi connectivity index (χ1) is 14.0. The van der Waals surface area contributed by atoms with Crippen LogP contribution in [0.15, 0.2) is 29.3 Å². The van der Waals surface area contributed by atoms with Crippen LogP contribution in [-0.4, -0.2) is 68.4 Å². The first kappa shape index (κ1) is 23.0. The first-order valence-corrected chi connectivity index (χ1v) is 10.5. The molecule has 4 N–H and O–H groups in total. The number of guanidine groups is 1. The number of nitrogens with zero attached hydrogens (tertiary/aromatic N) is 2. The van der Waals surface area contributed by atoms with Crippen LogP contribution < -0.4 is 21.3 Å². The zero-order valence-corrected chi connectivity index (χ0v) is 18.1. The molecule has 1 atom stereocenters. The molecule has 1 aromatic rings. The van der Waals surface area contributed by atoms with Crippen LogP contribution in [0.5, 0.6) is 0 Å². The number of urea groups is 1. The minimum atomic E-state index is -0.196. The van der Waals surface area contributed by atoms with Gasteiger partial charge in [-0.15, -0.1) is 0 Å². The van der Waals surface area contributed by atoms with Gasteiger partial charge in [0.1, 0.15) is 0 Å². The molecule has 1 unspecified atom stereocenters. The standard InChI is InChI=1S/C21H36N6O2/c1-5-22-20(23-14-17(4)27-10-12-29-13-11-27)24-15-18-6-8-19(9-7-18)26-21(28)25-16(2)3/h6-9,16-17H,5,10-15H2,1-4H3,(H2,22,23,24)(H2,25,26,28). The van der Waals surface area contributed by atoms with Gasteiger partial charge >= 0.3 is 6.03 Å². The molecule has 0 bridgehead atoms. The fraction of sp³-hybridized carbons (Fsp3) is 0.619. The van der Waals surface area contributed by atoms with Gasteiger partial charge < -0.3 is 26.0 Å². The Morgan fingerprint density at radius 1 is 1.14 bits per heavy atom. The topological polar surface area (TPSA) is 90.0 Å². The van der Waals surface area contributed by atoms with Crippen molar-refractivity contribution in [3.05, 3.63) is 29.8 Å². The summed E-state index contributed by atoms with van der Waals surface area (Å²) in [6.07, 6.45) is 0. The lowest BCUT2D eigenvalue weighted by Crippen LogP contribution is -2.49. The van der Waals surface area contributed by atoms with E-state index in [4.69, 9.17) is 4.74 Å². The number of amides is 2. The number of ether oxygens (including phenoxy) is 1. The molecule has 2 amide bonds. The van der Waals surface area contributed by atoms with Gasteiger partial charge in [0.05, 0.1) is 19.8 Å². The molecule has 162 valence electrons. The Hall–Kier alpha value is -2.32. The molecule has 0 aliphatic carbocycles. The average Bonchev–Trinajstić information content (AvgIpc) is 2.71. The van der Waals surface area contributed by atoms with Crippen molar-refractivity contribution >= 4 is 17.7 Å². The van der Waals surface area contributed by atoms with Crippen LogP contribution in [0.1, 0.15) is 33.3 Å². The molecule has 8 nitrogen and oxygen atoms in total. The number of anilines is 1. The molecule has 0 saturated carbocycles. The third kappa shape index (κ3) is 8.70. The number of carbonyl (C=O) groups is 1. The number of aliphatic imine (C=N–C) groups is 1. The van der Waals surface area contributed by atoms with Crippen LogP contribution >= 0.6 is 0 Å². The van der Waals surface area contributed by atoms with Crippen LogP contribution in [-0.2, 0) is 11.3 Å². The Kier molecular flexibility index (Phi) is 9.73. The second-order valence-corrected chi connectivity index (χ2v) is 7.52. The van der Waals surface area contributed by atoms with Crippen molar-refractivity contribution in [2.45, 2.75) is 46.3 Å². The van der Waals surface area contributed by atoms with Crippen LogP contribution in [0, 0.1) is 0 Å². The molecule has 8 heteroatoms. The van der Waals surface area contributed by atoms with Gasteiger partial charge in [-0.05, 0) is 45.4 Å². The molecule has 0 radical (unpaired) electrons. The van der Waals surface area contributed by atoms with Crippen LogP contribution in [0.2, 0.25) is 0 Å². The van der Waals surface area contributed by atoms with Gasteiger partial charge in [0.15, 0.2) is 5.96 Å². The maximum Gasteiger partial charge on any atom is 0.319 e. The molecule has 1 fully saturated rings. The average molecular weight is 405 g/mol. The largest absolute Gasteiger partial charge is 0.379 e. The quantitative estimate of drug-likeness (QED) is 0.393. The highest BCUT2D eigenvalue weighted by Crippen LogP contribution is 2.10. The summed E-state index contributed by atoms with van der Waals surface area (Å²) in [7, 11) is 0. The summed E-state index contributed by atoms with van der Waals surface area (Å²) < 4.78 is 5.42. The Morgan fingerprint density at radius 3 is 2.45 bits per heavy atom. The molecular formula is C21H36N6O2. The number of carbonyl (C=O) groups excluding carboxylic acids is 1. The molecule has 1 saturated heterocycles. The summed E-state index contributed by atoms with van der Waals surface area (Å²) >= 11 is 0.